The third kappa shape index (κ3) is 2.72. The minimum atomic E-state index is -0.415. The summed E-state index contributed by atoms with van der Waals surface area (Å²) in [7, 11) is 1.65. The molecule has 0 unspecified atom stereocenters. The molecule has 1 aromatic carbocycles. The van der Waals surface area contributed by atoms with E-state index in [2.05, 4.69) is 0 Å². The molecule has 2 aromatic rings. The van der Waals surface area contributed by atoms with Crippen molar-refractivity contribution in [2.24, 2.45) is 0 Å². The summed E-state index contributed by atoms with van der Waals surface area (Å²) in [6, 6.07) is 9.18. The lowest BCUT2D eigenvalue weighted by Gasteiger charge is -2.15. The van der Waals surface area contributed by atoms with Crippen LogP contribution >= 0.6 is 0 Å². The fraction of sp³-hybridized carbons (Fsp3) is 0.154. The van der Waals surface area contributed by atoms with Crippen molar-refractivity contribution in [3.05, 3.63) is 59.8 Å². The molecule has 0 spiro atoms. The molecule has 1 amide bonds. The Balaban J connectivity index is 2.09. The van der Waals surface area contributed by atoms with E-state index in [1.807, 2.05) is 0 Å². The zero-order valence-corrected chi connectivity index (χ0v) is 9.39. The number of carbonyl (C=O) groups is 1. The number of carbonyl (C=O) groups excluding carboxylic acids is 1. The summed E-state index contributed by atoms with van der Waals surface area (Å²) in [5, 5.41) is 0. The molecule has 4 heteroatoms. The smallest absolute Gasteiger partial charge is 0.254 e. The Hall–Kier alpha value is -2.10. The van der Waals surface area contributed by atoms with Crippen LogP contribution in [0.1, 0.15) is 16.1 Å². The number of nitrogens with zero attached hydrogens (tertiary/aromatic N) is 1. The lowest BCUT2D eigenvalue weighted by Crippen LogP contribution is -2.26. The van der Waals surface area contributed by atoms with E-state index in [0.717, 1.165) is 0 Å². The lowest BCUT2D eigenvalue weighted by molar-refractivity contribution is 0.0775. The van der Waals surface area contributed by atoms with E-state index < -0.39 is 5.82 Å². The van der Waals surface area contributed by atoms with Crippen LogP contribution in [-0.2, 0) is 6.54 Å². The molecule has 1 heterocycles. The zero-order chi connectivity index (χ0) is 12.3. The number of hydrogen-bond donors (Lipinski definition) is 0. The van der Waals surface area contributed by atoms with Crippen molar-refractivity contribution in [1.29, 1.82) is 0 Å². The van der Waals surface area contributed by atoms with E-state index in [1.165, 1.54) is 23.1 Å². The maximum absolute atomic E-state index is 13.0. The van der Waals surface area contributed by atoms with Crippen LogP contribution in [0.25, 0.3) is 0 Å². The number of amides is 1. The first kappa shape index (κ1) is 11.4. The van der Waals surface area contributed by atoms with Crippen LogP contribution in [0.4, 0.5) is 4.39 Å². The molecule has 88 valence electrons. The van der Waals surface area contributed by atoms with Crippen molar-refractivity contribution < 1.29 is 13.6 Å². The fourth-order valence-electron chi connectivity index (χ4n) is 1.55. The molecule has 0 aliphatic carbocycles. The molecule has 0 aliphatic heterocycles. The lowest BCUT2D eigenvalue weighted by atomic mass is 10.2. The van der Waals surface area contributed by atoms with Gasteiger partial charge in [0.1, 0.15) is 11.6 Å². The van der Waals surface area contributed by atoms with Crippen LogP contribution < -0.4 is 0 Å². The van der Waals surface area contributed by atoms with Gasteiger partial charge in [0.25, 0.3) is 5.91 Å². The van der Waals surface area contributed by atoms with E-state index in [4.69, 9.17) is 4.42 Å². The Morgan fingerprint density at radius 2 is 2.18 bits per heavy atom. The first-order valence-electron chi connectivity index (χ1n) is 5.20. The minimum absolute atomic E-state index is 0.235. The number of furan rings is 1. The molecule has 0 bridgehead atoms. The van der Waals surface area contributed by atoms with Crippen molar-refractivity contribution in [2.45, 2.75) is 6.54 Å². The Labute approximate surface area is 98.5 Å². The minimum Gasteiger partial charge on any atom is -0.467 e. The van der Waals surface area contributed by atoms with Gasteiger partial charge in [-0.15, -0.1) is 0 Å². The average molecular weight is 233 g/mol. The molecule has 3 nitrogen and oxygen atoms in total. The summed E-state index contributed by atoms with van der Waals surface area (Å²) in [5.74, 6) is 0.0420. The van der Waals surface area contributed by atoms with E-state index in [0.29, 0.717) is 17.9 Å². The van der Waals surface area contributed by atoms with Crippen molar-refractivity contribution in [1.82, 2.24) is 4.90 Å². The van der Waals surface area contributed by atoms with Gasteiger partial charge < -0.3 is 9.32 Å². The van der Waals surface area contributed by atoms with Gasteiger partial charge >= 0.3 is 0 Å². The largest absolute Gasteiger partial charge is 0.467 e. The molecule has 17 heavy (non-hydrogen) atoms. The van der Waals surface area contributed by atoms with Gasteiger partial charge in [0.15, 0.2) is 0 Å². The Kier molecular flexibility index (Phi) is 3.23. The quantitative estimate of drug-likeness (QED) is 0.816. The van der Waals surface area contributed by atoms with E-state index in [-0.39, 0.29) is 5.91 Å². The number of hydrogen-bond acceptors (Lipinski definition) is 2. The Morgan fingerprint density at radius 3 is 2.82 bits per heavy atom. The molecule has 2 rings (SSSR count). The highest BCUT2D eigenvalue weighted by Crippen LogP contribution is 2.10. The molecule has 0 fully saturated rings. The first-order valence-corrected chi connectivity index (χ1v) is 5.20. The van der Waals surface area contributed by atoms with Crippen LogP contribution in [-0.4, -0.2) is 17.9 Å². The summed E-state index contributed by atoms with van der Waals surface area (Å²) in [6.45, 7) is 0.363. The third-order valence-electron chi connectivity index (χ3n) is 2.39. The fourth-order valence-corrected chi connectivity index (χ4v) is 1.55. The molecule has 0 atom stereocenters. The molecule has 0 N–H and O–H groups in total. The number of benzene rings is 1. The predicted molar refractivity (Wildman–Crippen MR) is 60.9 cm³/mol. The second-order valence-corrected chi connectivity index (χ2v) is 3.75. The van der Waals surface area contributed by atoms with Gasteiger partial charge in [-0.3, -0.25) is 4.79 Å². The van der Waals surface area contributed by atoms with Gasteiger partial charge in [0.2, 0.25) is 0 Å². The maximum Gasteiger partial charge on any atom is 0.254 e. The molecular weight excluding hydrogens is 221 g/mol. The molecule has 0 aliphatic rings. The van der Waals surface area contributed by atoms with Crippen LogP contribution in [0.2, 0.25) is 0 Å². The van der Waals surface area contributed by atoms with Crippen molar-refractivity contribution in [3.8, 4) is 0 Å². The molecular formula is C13H12FNO2. The van der Waals surface area contributed by atoms with Gasteiger partial charge in [-0.1, -0.05) is 6.07 Å². The van der Waals surface area contributed by atoms with Crippen LogP contribution in [0, 0.1) is 5.82 Å². The van der Waals surface area contributed by atoms with Crippen molar-refractivity contribution in [3.63, 3.8) is 0 Å². The summed E-state index contributed by atoms with van der Waals surface area (Å²) >= 11 is 0. The molecule has 1 aromatic heterocycles. The van der Waals surface area contributed by atoms with E-state index >= 15 is 0 Å². The second kappa shape index (κ2) is 4.82. The zero-order valence-electron chi connectivity index (χ0n) is 9.39. The van der Waals surface area contributed by atoms with E-state index in [1.54, 1.807) is 31.5 Å². The molecule has 0 radical (unpaired) electrons. The van der Waals surface area contributed by atoms with Crippen molar-refractivity contribution >= 4 is 5.91 Å². The standard InChI is InChI=1S/C13H12FNO2/c1-15(9-12-6-3-7-17-12)13(16)10-4-2-5-11(14)8-10/h2-8H,9H2,1H3. The highest BCUT2D eigenvalue weighted by atomic mass is 19.1. The SMILES string of the molecule is CN(Cc1ccco1)C(=O)c1cccc(F)c1. The summed E-state index contributed by atoms with van der Waals surface area (Å²) in [5.41, 5.74) is 0.332. The maximum atomic E-state index is 13.0. The molecule has 0 saturated carbocycles. The summed E-state index contributed by atoms with van der Waals surface area (Å²) < 4.78 is 18.1. The normalized spacial score (nSPS) is 10.2. The highest BCUT2D eigenvalue weighted by Gasteiger charge is 2.13. The molecule has 0 saturated heterocycles. The van der Waals surface area contributed by atoms with Gasteiger partial charge in [0, 0.05) is 12.6 Å². The predicted octanol–water partition coefficient (Wildman–Crippen LogP) is 2.69. The first-order chi connectivity index (χ1) is 8.16. The van der Waals surface area contributed by atoms with Gasteiger partial charge in [0.05, 0.1) is 12.8 Å². The van der Waals surface area contributed by atoms with Crippen LogP contribution in [0.15, 0.2) is 47.1 Å². The second-order valence-electron chi connectivity index (χ2n) is 3.75. The van der Waals surface area contributed by atoms with Gasteiger partial charge in [-0.25, -0.2) is 4.39 Å². The summed E-state index contributed by atoms with van der Waals surface area (Å²) in [6.07, 6.45) is 1.55. The topological polar surface area (TPSA) is 33.5 Å². The highest BCUT2D eigenvalue weighted by molar-refractivity contribution is 5.93. The monoisotopic (exact) mass is 233 g/mol. The van der Waals surface area contributed by atoms with Gasteiger partial charge in [-0.2, -0.15) is 0 Å². The number of rotatable bonds is 3. The third-order valence-corrected chi connectivity index (χ3v) is 2.39. The van der Waals surface area contributed by atoms with Crippen molar-refractivity contribution in [2.75, 3.05) is 7.05 Å². The average Bonchev–Trinajstić information content (AvgIpc) is 2.80. The van der Waals surface area contributed by atoms with E-state index in [9.17, 15) is 9.18 Å². The van der Waals surface area contributed by atoms with Crippen LogP contribution in [0.3, 0.4) is 0 Å². The van der Waals surface area contributed by atoms with Gasteiger partial charge in [-0.05, 0) is 30.3 Å². The van der Waals surface area contributed by atoms with Crippen LogP contribution in [0.5, 0.6) is 0 Å². The summed E-state index contributed by atoms with van der Waals surface area (Å²) in [4.78, 5) is 13.4. The Morgan fingerprint density at radius 1 is 1.35 bits per heavy atom. The Bertz CT molecular complexity index is 508. The number of halogens is 1.